The fraction of sp³-hybridized carbons (Fsp3) is 0.320. The third-order valence-corrected chi connectivity index (χ3v) is 5.99. The van der Waals surface area contributed by atoms with Crippen LogP contribution in [0.3, 0.4) is 0 Å². The molecule has 2 aromatic heterocycles. The molecule has 33 heavy (non-hydrogen) atoms. The first-order valence-corrected chi connectivity index (χ1v) is 10.8. The molecule has 172 valence electrons. The number of imidazole rings is 1. The van der Waals surface area contributed by atoms with Gasteiger partial charge in [-0.1, -0.05) is 24.3 Å². The van der Waals surface area contributed by atoms with Crippen molar-refractivity contribution >= 4 is 23.1 Å². The van der Waals surface area contributed by atoms with Gasteiger partial charge in [0.05, 0.1) is 17.3 Å². The molecule has 8 heteroatoms. The van der Waals surface area contributed by atoms with E-state index in [-0.39, 0.29) is 23.4 Å². The van der Waals surface area contributed by atoms with Gasteiger partial charge in [-0.05, 0) is 58.6 Å². The average molecular weight is 451 g/mol. The minimum Gasteiger partial charge on any atom is -0.505 e. The number of amides is 1. The Hall–Kier alpha value is -3.52. The van der Waals surface area contributed by atoms with Crippen LogP contribution in [0.2, 0.25) is 0 Å². The molecule has 0 spiro atoms. The second-order valence-corrected chi connectivity index (χ2v) is 8.60. The van der Waals surface area contributed by atoms with Gasteiger partial charge in [-0.2, -0.15) is 0 Å². The average Bonchev–Trinajstić information content (AvgIpc) is 3.23. The number of fused-ring (bicyclic) bond motifs is 1. The maximum atomic E-state index is 14.9. The summed E-state index contributed by atoms with van der Waals surface area (Å²) in [6.45, 7) is 4.57. The van der Waals surface area contributed by atoms with Gasteiger partial charge in [-0.25, -0.2) is 9.37 Å². The summed E-state index contributed by atoms with van der Waals surface area (Å²) in [5.74, 6) is -2.47. The minimum atomic E-state index is -1.02. The number of carbonyl (C=O) groups excluding carboxylic acids is 2. The number of Topliss-reactive ketones (excluding diaryl/α,β-unsaturated/α-hetero) is 1. The molecular formula is C25H27FN4O3. The quantitative estimate of drug-likeness (QED) is 0.354. The number of hydrogen-bond donors (Lipinski definition) is 1. The standard InChI is InChI=1S/C25H27FN4O3/c1-15-9-7-13-29-20(16(2)27-24(15)29)22(31)19-21(17-10-5-6-11-18(17)26)30(25(33)23(19)32)14-8-12-28(3)4/h5-7,9-11,13,21,31H,8,12,14H2,1-4H3/b22-19+/t21-/m1/s1. The third-order valence-electron chi connectivity index (χ3n) is 5.99. The molecule has 0 aliphatic carbocycles. The van der Waals surface area contributed by atoms with Crippen LogP contribution in [0.25, 0.3) is 11.4 Å². The first-order chi connectivity index (χ1) is 15.7. The molecule has 1 saturated heterocycles. The summed E-state index contributed by atoms with van der Waals surface area (Å²) < 4.78 is 16.6. The lowest BCUT2D eigenvalue weighted by molar-refractivity contribution is -0.140. The molecule has 1 atom stereocenters. The maximum absolute atomic E-state index is 14.9. The number of benzene rings is 1. The van der Waals surface area contributed by atoms with Crippen LogP contribution in [-0.2, 0) is 9.59 Å². The van der Waals surface area contributed by atoms with Gasteiger partial charge in [-0.15, -0.1) is 0 Å². The predicted octanol–water partition coefficient (Wildman–Crippen LogP) is 3.46. The molecule has 0 radical (unpaired) electrons. The summed E-state index contributed by atoms with van der Waals surface area (Å²) >= 11 is 0. The lowest BCUT2D eigenvalue weighted by Crippen LogP contribution is -2.32. The second kappa shape index (κ2) is 8.78. The van der Waals surface area contributed by atoms with Crippen LogP contribution in [0.15, 0.2) is 48.2 Å². The highest BCUT2D eigenvalue weighted by Crippen LogP contribution is 2.41. The summed E-state index contributed by atoms with van der Waals surface area (Å²) in [4.78, 5) is 34.1. The Morgan fingerprint density at radius 3 is 2.58 bits per heavy atom. The van der Waals surface area contributed by atoms with Crippen LogP contribution in [0, 0.1) is 19.7 Å². The number of rotatable bonds is 6. The van der Waals surface area contributed by atoms with Crippen LogP contribution in [0.5, 0.6) is 0 Å². The van der Waals surface area contributed by atoms with E-state index >= 15 is 0 Å². The number of ketones is 1. The van der Waals surface area contributed by atoms with Gasteiger partial charge in [-0.3, -0.25) is 14.0 Å². The Labute approximate surface area is 191 Å². The Morgan fingerprint density at radius 2 is 1.88 bits per heavy atom. The highest BCUT2D eigenvalue weighted by atomic mass is 19.1. The van der Waals surface area contributed by atoms with Gasteiger partial charge in [0, 0.05) is 18.3 Å². The molecule has 1 aromatic carbocycles. The van der Waals surface area contributed by atoms with Gasteiger partial charge in [0.2, 0.25) is 0 Å². The zero-order valence-corrected chi connectivity index (χ0v) is 19.2. The lowest BCUT2D eigenvalue weighted by atomic mass is 9.95. The summed E-state index contributed by atoms with van der Waals surface area (Å²) in [6.07, 6.45) is 2.33. The Balaban J connectivity index is 1.92. The van der Waals surface area contributed by atoms with Crippen molar-refractivity contribution in [3.63, 3.8) is 0 Å². The summed E-state index contributed by atoms with van der Waals surface area (Å²) in [7, 11) is 3.83. The highest BCUT2D eigenvalue weighted by molar-refractivity contribution is 6.46. The fourth-order valence-electron chi connectivity index (χ4n) is 4.42. The number of hydrogen-bond acceptors (Lipinski definition) is 5. The van der Waals surface area contributed by atoms with Crippen LogP contribution < -0.4 is 0 Å². The molecule has 1 aliphatic rings. The SMILES string of the molecule is Cc1nc2c(C)cccn2c1/C(O)=C1\C(=O)C(=O)N(CCCN(C)C)[C@@H]1c1ccccc1F. The minimum absolute atomic E-state index is 0.124. The number of likely N-dealkylation sites (tertiary alicyclic amines) is 1. The predicted molar refractivity (Wildman–Crippen MR) is 123 cm³/mol. The molecule has 1 aliphatic heterocycles. The number of halogens is 1. The maximum Gasteiger partial charge on any atom is 0.295 e. The van der Waals surface area contributed by atoms with E-state index in [1.165, 1.54) is 11.0 Å². The van der Waals surface area contributed by atoms with E-state index in [1.807, 2.05) is 38.1 Å². The van der Waals surface area contributed by atoms with Crippen molar-refractivity contribution in [3.05, 3.63) is 76.5 Å². The molecular weight excluding hydrogens is 423 g/mol. The summed E-state index contributed by atoms with van der Waals surface area (Å²) in [5.41, 5.74) is 2.41. The number of nitrogens with zero attached hydrogens (tertiary/aromatic N) is 4. The third kappa shape index (κ3) is 3.91. The number of aliphatic hydroxyl groups excluding tert-OH is 1. The van der Waals surface area contributed by atoms with Gasteiger partial charge in [0.15, 0.2) is 5.76 Å². The lowest BCUT2D eigenvalue weighted by Gasteiger charge is -2.26. The van der Waals surface area contributed by atoms with E-state index in [2.05, 4.69) is 4.98 Å². The van der Waals surface area contributed by atoms with E-state index < -0.39 is 23.5 Å². The van der Waals surface area contributed by atoms with Gasteiger partial charge in [0.1, 0.15) is 17.2 Å². The normalized spacial score (nSPS) is 18.1. The van der Waals surface area contributed by atoms with Crippen LogP contribution in [0.4, 0.5) is 4.39 Å². The molecule has 4 rings (SSSR count). The second-order valence-electron chi connectivity index (χ2n) is 8.60. The van der Waals surface area contributed by atoms with Crippen molar-refractivity contribution in [3.8, 4) is 0 Å². The van der Waals surface area contributed by atoms with Crippen molar-refractivity contribution in [1.29, 1.82) is 0 Å². The number of aryl methyl sites for hydroxylation is 2. The molecule has 1 fully saturated rings. The molecule has 1 N–H and O–H groups in total. The molecule has 1 amide bonds. The Kier molecular flexibility index (Phi) is 6.03. The van der Waals surface area contributed by atoms with E-state index in [1.54, 1.807) is 35.7 Å². The van der Waals surface area contributed by atoms with Crippen molar-refractivity contribution in [2.24, 2.45) is 0 Å². The number of pyridine rings is 1. The van der Waals surface area contributed by atoms with Crippen molar-refractivity contribution < 1.29 is 19.1 Å². The van der Waals surface area contributed by atoms with Crippen LogP contribution >= 0.6 is 0 Å². The Bertz CT molecular complexity index is 1280. The number of aliphatic hydroxyl groups is 1. The number of aromatic nitrogens is 2. The van der Waals surface area contributed by atoms with Crippen molar-refractivity contribution in [2.45, 2.75) is 26.3 Å². The van der Waals surface area contributed by atoms with E-state index in [4.69, 9.17) is 0 Å². The molecule has 3 heterocycles. The van der Waals surface area contributed by atoms with E-state index in [0.717, 1.165) is 5.56 Å². The molecule has 0 saturated carbocycles. The number of carbonyl (C=O) groups is 2. The Morgan fingerprint density at radius 1 is 1.15 bits per heavy atom. The molecule has 0 unspecified atom stereocenters. The smallest absolute Gasteiger partial charge is 0.295 e. The van der Waals surface area contributed by atoms with E-state index in [9.17, 15) is 19.1 Å². The monoisotopic (exact) mass is 450 g/mol. The summed E-state index contributed by atoms with van der Waals surface area (Å²) in [6, 6.07) is 8.73. The van der Waals surface area contributed by atoms with Crippen LogP contribution in [-0.4, -0.2) is 63.2 Å². The van der Waals surface area contributed by atoms with Gasteiger partial charge in [0.25, 0.3) is 11.7 Å². The van der Waals surface area contributed by atoms with E-state index in [0.29, 0.717) is 30.0 Å². The zero-order chi connectivity index (χ0) is 23.9. The van der Waals surface area contributed by atoms with Crippen molar-refractivity contribution in [2.75, 3.05) is 27.2 Å². The topological polar surface area (TPSA) is 78.1 Å². The van der Waals surface area contributed by atoms with Crippen molar-refractivity contribution in [1.82, 2.24) is 19.2 Å². The van der Waals surface area contributed by atoms with Gasteiger partial charge < -0.3 is 14.9 Å². The zero-order valence-electron chi connectivity index (χ0n) is 19.2. The van der Waals surface area contributed by atoms with Gasteiger partial charge >= 0.3 is 0 Å². The first kappa shape index (κ1) is 22.7. The van der Waals surface area contributed by atoms with Crippen LogP contribution in [0.1, 0.15) is 35.0 Å². The molecule has 0 bridgehead atoms. The molecule has 7 nitrogen and oxygen atoms in total. The summed E-state index contributed by atoms with van der Waals surface area (Å²) in [5, 5.41) is 11.4. The highest BCUT2D eigenvalue weighted by Gasteiger charge is 2.47. The largest absolute Gasteiger partial charge is 0.505 e. The fourth-order valence-corrected chi connectivity index (χ4v) is 4.42. The first-order valence-electron chi connectivity index (χ1n) is 10.8. The molecule has 3 aromatic rings.